The zero-order valence-electron chi connectivity index (χ0n) is 18.7. The maximum absolute atomic E-state index is 12.6. The summed E-state index contributed by atoms with van der Waals surface area (Å²) in [6, 6.07) is 13.2. The fourth-order valence-corrected chi connectivity index (χ4v) is 4.56. The first-order valence-corrected chi connectivity index (χ1v) is 10.5. The zero-order chi connectivity index (χ0) is 20.6. The van der Waals surface area contributed by atoms with Crippen molar-refractivity contribution in [2.24, 2.45) is 0 Å². The van der Waals surface area contributed by atoms with Crippen molar-refractivity contribution in [2.45, 2.75) is 51.1 Å². The van der Waals surface area contributed by atoms with Gasteiger partial charge in [-0.25, -0.2) is 0 Å². The van der Waals surface area contributed by atoms with Crippen molar-refractivity contribution >= 4 is 42.1 Å². The second-order valence-electron chi connectivity index (χ2n) is 8.65. The van der Waals surface area contributed by atoms with Gasteiger partial charge in [0.05, 0.1) is 18.2 Å². The van der Waals surface area contributed by atoms with Gasteiger partial charge in [-0.3, -0.25) is 4.79 Å². The van der Waals surface area contributed by atoms with Gasteiger partial charge in [0, 0.05) is 37.0 Å². The van der Waals surface area contributed by atoms with Gasteiger partial charge < -0.3 is 20.3 Å². The lowest BCUT2D eigenvalue weighted by molar-refractivity contribution is -0.121. The molecule has 2 aromatic carbocycles. The van der Waals surface area contributed by atoms with Crippen molar-refractivity contribution in [3.63, 3.8) is 0 Å². The summed E-state index contributed by atoms with van der Waals surface area (Å²) in [7, 11) is 3.51. The average Bonchev–Trinajstić information content (AvgIpc) is 2.92. The predicted octanol–water partition coefficient (Wildman–Crippen LogP) is 5.22. The van der Waals surface area contributed by atoms with Crippen LogP contribution >= 0.6 is 24.8 Å². The number of halogens is 2. The standard InChI is InChI=1S/C24H31N3O2.2ClH/c1-24(2)19-13-17(22(29-4)14-21(19)27(3)23(24)28)15-26-18-9-7-8-16(12-18)20-10-5-6-11-25-20;;/h7-9,12-14,20,25-26H,5-6,10-11,15H2,1-4H3;2*1H/t20-;;/m0../s1. The number of benzene rings is 2. The van der Waals surface area contributed by atoms with Gasteiger partial charge in [0.25, 0.3) is 0 Å². The van der Waals surface area contributed by atoms with Crippen LogP contribution in [-0.2, 0) is 16.8 Å². The van der Waals surface area contributed by atoms with Crippen LogP contribution in [-0.4, -0.2) is 26.6 Å². The molecule has 0 radical (unpaired) electrons. The highest BCUT2D eigenvalue weighted by atomic mass is 35.5. The minimum atomic E-state index is -0.516. The molecule has 1 saturated heterocycles. The van der Waals surface area contributed by atoms with Crippen LogP contribution in [0, 0.1) is 0 Å². The number of nitrogens with one attached hydrogen (secondary N) is 2. The Labute approximate surface area is 197 Å². The molecular formula is C24H33Cl2N3O2. The highest BCUT2D eigenvalue weighted by Crippen LogP contribution is 2.44. The van der Waals surface area contributed by atoms with Crippen LogP contribution in [0.5, 0.6) is 5.75 Å². The van der Waals surface area contributed by atoms with Gasteiger partial charge in [-0.2, -0.15) is 0 Å². The minimum Gasteiger partial charge on any atom is -0.496 e. The number of nitrogens with zero attached hydrogens (tertiary/aromatic N) is 1. The fraction of sp³-hybridized carbons (Fsp3) is 0.458. The van der Waals surface area contributed by atoms with E-state index in [1.54, 1.807) is 12.0 Å². The molecule has 5 nitrogen and oxygen atoms in total. The van der Waals surface area contributed by atoms with Gasteiger partial charge in [0.2, 0.25) is 5.91 Å². The maximum atomic E-state index is 12.6. The molecule has 1 amide bonds. The second-order valence-corrected chi connectivity index (χ2v) is 8.65. The second kappa shape index (κ2) is 10.1. The number of methoxy groups -OCH3 is 1. The van der Waals surface area contributed by atoms with E-state index in [4.69, 9.17) is 4.74 Å². The summed E-state index contributed by atoms with van der Waals surface area (Å²) < 4.78 is 5.64. The fourth-order valence-electron chi connectivity index (χ4n) is 4.56. The summed E-state index contributed by atoms with van der Waals surface area (Å²) in [5.74, 6) is 0.922. The quantitative estimate of drug-likeness (QED) is 0.635. The number of amides is 1. The van der Waals surface area contributed by atoms with Crippen molar-refractivity contribution < 1.29 is 9.53 Å². The van der Waals surface area contributed by atoms with Crippen LogP contribution in [0.15, 0.2) is 36.4 Å². The SMILES string of the molecule is COc1cc2c(cc1CNc1cccc([C@@H]3CCCCN3)c1)C(C)(C)C(=O)N2C.Cl.Cl. The van der Waals surface area contributed by atoms with E-state index in [0.29, 0.717) is 12.6 Å². The summed E-state index contributed by atoms with van der Waals surface area (Å²) in [5, 5.41) is 7.17. The predicted molar refractivity (Wildman–Crippen MR) is 132 cm³/mol. The van der Waals surface area contributed by atoms with Crippen LogP contribution in [0.4, 0.5) is 11.4 Å². The van der Waals surface area contributed by atoms with E-state index in [1.807, 2.05) is 27.0 Å². The lowest BCUT2D eigenvalue weighted by Gasteiger charge is -2.24. The van der Waals surface area contributed by atoms with Gasteiger partial charge >= 0.3 is 0 Å². The summed E-state index contributed by atoms with van der Waals surface area (Å²) >= 11 is 0. The van der Waals surface area contributed by atoms with Gasteiger partial charge in [0.15, 0.2) is 0 Å². The van der Waals surface area contributed by atoms with Gasteiger partial charge in [-0.05, 0) is 62.6 Å². The monoisotopic (exact) mass is 465 g/mol. The molecule has 2 aliphatic heterocycles. The third kappa shape index (κ3) is 4.79. The Kier molecular flexibility index (Phi) is 8.26. The Bertz CT molecular complexity index is 927. The maximum Gasteiger partial charge on any atom is 0.236 e. The number of carbonyl (C=O) groups excluding carboxylic acids is 1. The normalized spacial score (nSPS) is 19.2. The Morgan fingerprint density at radius 3 is 2.65 bits per heavy atom. The van der Waals surface area contributed by atoms with Crippen LogP contribution < -0.4 is 20.3 Å². The number of fused-ring (bicyclic) bond motifs is 1. The van der Waals surface area contributed by atoms with Crippen LogP contribution in [0.3, 0.4) is 0 Å². The van der Waals surface area contributed by atoms with Crippen molar-refractivity contribution in [3.8, 4) is 5.75 Å². The number of carbonyl (C=O) groups is 1. The van der Waals surface area contributed by atoms with E-state index in [-0.39, 0.29) is 30.7 Å². The Morgan fingerprint density at radius 1 is 1.19 bits per heavy atom. The molecule has 1 atom stereocenters. The molecule has 4 rings (SSSR count). The summed E-state index contributed by atoms with van der Waals surface area (Å²) in [6.45, 7) is 5.72. The van der Waals surface area contributed by atoms with E-state index in [2.05, 4.69) is 41.0 Å². The number of hydrogen-bond acceptors (Lipinski definition) is 4. The third-order valence-electron chi connectivity index (χ3n) is 6.36. The molecule has 0 spiro atoms. The van der Waals surface area contributed by atoms with Crippen LogP contribution in [0.2, 0.25) is 0 Å². The molecule has 31 heavy (non-hydrogen) atoms. The highest BCUT2D eigenvalue weighted by molar-refractivity contribution is 6.07. The van der Waals surface area contributed by atoms with Gasteiger partial charge in [-0.1, -0.05) is 18.6 Å². The molecule has 0 bridgehead atoms. The number of rotatable bonds is 5. The van der Waals surface area contributed by atoms with Crippen molar-refractivity contribution in [1.82, 2.24) is 5.32 Å². The zero-order valence-corrected chi connectivity index (χ0v) is 20.3. The van der Waals surface area contributed by atoms with E-state index in [1.165, 1.54) is 24.8 Å². The topological polar surface area (TPSA) is 53.6 Å². The van der Waals surface area contributed by atoms with Gasteiger partial charge in [0.1, 0.15) is 5.75 Å². The average molecular weight is 466 g/mol. The first-order chi connectivity index (χ1) is 13.9. The van der Waals surface area contributed by atoms with E-state index in [9.17, 15) is 4.79 Å². The van der Waals surface area contributed by atoms with Crippen LogP contribution in [0.25, 0.3) is 0 Å². The molecular weight excluding hydrogens is 433 g/mol. The molecule has 7 heteroatoms. The first kappa shape index (κ1) is 25.3. The van der Waals surface area contributed by atoms with Crippen molar-refractivity contribution in [1.29, 1.82) is 0 Å². The smallest absolute Gasteiger partial charge is 0.236 e. The lowest BCUT2D eigenvalue weighted by Crippen LogP contribution is -2.33. The Morgan fingerprint density at radius 2 is 1.97 bits per heavy atom. The Balaban J connectivity index is 0.00000171. The lowest BCUT2D eigenvalue weighted by atomic mass is 9.85. The van der Waals surface area contributed by atoms with Crippen molar-refractivity contribution in [2.75, 3.05) is 30.9 Å². The molecule has 0 unspecified atom stereocenters. The summed E-state index contributed by atoms with van der Waals surface area (Å²) in [5.41, 5.74) is 4.98. The van der Waals surface area contributed by atoms with E-state index >= 15 is 0 Å². The number of ether oxygens (including phenoxy) is 1. The largest absolute Gasteiger partial charge is 0.496 e. The molecule has 170 valence electrons. The van der Waals surface area contributed by atoms with Gasteiger partial charge in [-0.15, -0.1) is 24.8 Å². The summed E-state index contributed by atoms with van der Waals surface area (Å²) in [4.78, 5) is 14.4. The highest BCUT2D eigenvalue weighted by Gasteiger charge is 2.42. The third-order valence-corrected chi connectivity index (χ3v) is 6.36. The minimum absolute atomic E-state index is 0. The number of likely N-dealkylation sites (N-methyl/N-ethyl adjacent to an activating group) is 1. The number of piperidine rings is 1. The Hall–Kier alpha value is -1.95. The molecule has 2 heterocycles. The van der Waals surface area contributed by atoms with Crippen LogP contribution in [0.1, 0.15) is 55.8 Å². The molecule has 0 aliphatic carbocycles. The van der Waals surface area contributed by atoms with E-state index in [0.717, 1.165) is 34.8 Å². The molecule has 2 N–H and O–H groups in total. The van der Waals surface area contributed by atoms with Crippen molar-refractivity contribution in [3.05, 3.63) is 53.1 Å². The number of anilines is 2. The van der Waals surface area contributed by atoms with E-state index < -0.39 is 5.41 Å². The molecule has 2 aromatic rings. The first-order valence-electron chi connectivity index (χ1n) is 10.5. The molecule has 2 aliphatic rings. The number of hydrogen-bond donors (Lipinski definition) is 2. The molecule has 0 saturated carbocycles. The molecule has 1 fully saturated rings. The molecule has 0 aromatic heterocycles. The summed E-state index contributed by atoms with van der Waals surface area (Å²) in [6.07, 6.45) is 3.74.